The summed E-state index contributed by atoms with van der Waals surface area (Å²) in [6.45, 7) is 1.81. The summed E-state index contributed by atoms with van der Waals surface area (Å²) in [5.74, 6) is 0.738. The Labute approximate surface area is 98.9 Å². The fourth-order valence-electron chi connectivity index (χ4n) is 1.79. The van der Waals surface area contributed by atoms with Crippen LogP contribution >= 0.6 is 11.3 Å². The van der Waals surface area contributed by atoms with Crippen LogP contribution in [0.1, 0.15) is 35.0 Å². The fraction of sp³-hybridized carbons (Fsp3) is 0.417. The summed E-state index contributed by atoms with van der Waals surface area (Å²) >= 11 is 1.79. The normalized spacial score (nSPS) is 15.5. The molecule has 1 fully saturated rings. The van der Waals surface area contributed by atoms with Crippen molar-refractivity contribution in [2.24, 2.45) is 0 Å². The monoisotopic (exact) mass is 233 g/mol. The Morgan fingerprint density at radius 3 is 3.12 bits per heavy atom. The SMILES string of the molecule is c1csc(CNCc2cc(C3CC3)n[nH]2)c1. The van der Waals surface area contributed by atoms with Gasteiger partial charge in [-0.2, -0.15) is 5.10 Å². The lowest BCUT2D eigenvalue weighted by Crippen LogP contribution is -2.11. The first-order valence-electron chi connectivity index (χ1n) is 5.69. The molecule has 2 N–H and O–H groups in total. The Morgan fingerprint density at radius 2 is 2.38 bits per heavy atom. The number of aromatic amines is 1. The number of rotatable bonds is 5. The van der Waals surface area contributed by atoms with E-state index in [2.05, 4.69) is 39.1 Å². The van der Waals surface area contributed by atoms with Gasteiger partial charge in [0.05, 0.1) is 5.69 Å². The molecule has 3 rings (SSSR count). The van der Waals surface area contributed by atoms with Crippen LogP contribution in [0.15, 0.2) is 23.6 Å². The van der Waals surface area contributed by atoms with Crippen LogP contribution in [0.4, 0.5) is 0 Å². The van der Waals surface area contributed by atoms with Gasteiger partial charge in [0.1, 0.15) is 0 Å². The Hall–Kier alpha value is -1.13. The number of thiophene rings is 1. The van der Waals surface area contributed by atoms with Crippen molar-refractivity contribution in [3.05, 3.63) is 39.8 Å². The standard InChI is InChI=1S/C12H15N3S/c1-2-11(16-5-1)8-13-7-10-6-12(15-14-10)9-3-4-9/h1-2,5-6,9,13H,3-4,7-8H2,(H,14,15). The van der Waals surface area contributed by atoms with Crippen molar-refractivity contribution in [3.8, 4) is 0 Å². The van der Waals surface area contributed by atoms with E-state index >= 15 is 0 Å². The average Bonchev–Trinajstić information content (AvgIpc) is 2.83. The lowest BCUT2D eigenvalue weighted by atomic mass is 10.2. The molecule has 0 spiro atoms. The Balaban J connectivity index is 1.50. The van der Waals surface area contributed by atoms with E-state index in [1.807, 2.05) is 0 Å². The van der Waals surface area contributed by atoms with Crippen LogP contribution in [0.2, 0.25) is 0 Å². The number of nitrogens with zero attached hydrogens (tertiary/aromatic N) is 1. The molecule has 0 amide bonds. The molecule has 2 aromatic rings. The number of hydrogen-bond donors (Lipinski definition) is 2. The fourth-order valence-corrected chi connectivity index (χ4v) is 2.47. The summed E-state index contributed by atoms with van der Waals surface area (Å²) in [6.07, 6.45) is 2.62. The highest BCUT2D eigenvalue weighted by atomic mass is 32.1. The molecule has 0 aliphatic heterocycles. The van der Waals surface area contributed by atoms with Gasteiger partial charge in [-0.1, -0.05) is 6.07 Å². The zero-order valence-electron chi connectivity index (χ0n) is 9.07. The van der Waals surface area contributed by atoms with Crippen LogP contribution < -0.4 is 5.32 Å². The van der Waals surface area contributed by atoms with Crippen LogP contribution in [0, 0.1) is 0 Å². The van der Waals surface area contributed by atoms with E-state index in [0.29, 0.717) is 0 Å². The van der Waals surface area contributed by atoms with Gasteiger partial charge in [-0.15, -0.1) is 11.3 Å². The molecule has 16 heavy (non-hydrogen) atoms. The molecule has 0 unspecified atom stereocenters. The van der Waals surface area contributed by atoms with Gasteiger partial charge < -0.3 is 5.32 Å². The predicted molar refractivity (Wildman–Crippen MR) is 65.4 cm³/mol. The molecule has 3 nitrogen and oxygen atoms in total. The van der Waals surface area contributed by atoms with Gasteiger partial charge in [-0.25, -0.2) is 0 Å². The van der Waals surface area contributed by atoms with Gasteiger partial charge in [0.2, 0.25) is 0 Å². The van der Waals surface area contributed by atoms with Crippen LogP contribution in [-0.4, -0.2) is 10.2 Å². The van der Waals surface area contributed by atoms with Crippen molar-refractivity contribution in [2.75, 3.05) is 0 Å². The van der Waals surface area contributed by atoms with Crippen LogP contribution in [0.5, 0.6) is 0 Å². The Morgan fingerprint density at radius 1 is 1.44 bits per heavy atom. The van der Waals surface area contributed by atoms with Crippen LogP contribution in [0.3, 0.4) is 0 Å². The molecule has 0 bridgehead atoms. The summed E-state index contributed by atoms with van der Waals surface area (Å²) in [5.41, 5.74) is 2.44. The molecule has 1 saturated carbocycles. The third-order valence-corrected chi connectivity index (χ3v) is 3.72. The van der Waals surface area contributed by atoms with Gasteiger partial charge in [0, 0.05) is 29.6 Å². The molecule has 0 saturated heterocycles. The predicted octanol–water partition coefficient (Wildman–Crippen LogP) is 2.64. The lowest BCUT2D eigenvalue weighted by molar-refractivity contribution is 0.684. The van der Waals surface area contributed by atoms with Gasteiger partial charge in [0.15, 0.2) is 0 Å². The number of hydrogen-bond acceptors (Lipinski definition) is 3. The van der Waals surface area contributed by atoms with Crippen LogP contribution in [-0.2, 0) is 13.1 Å². The molecule has 4 heteroatoms. The highest BCUT2D eigenvalue weighted by molar-refractivity contribution is 7.09. The van der Waals surface area contributed by atoms with Gasteiger partial charge in [0.25, 0.3) is 0 Å². The summed E-state index contributed by atoms with van der Waals surface area (Å²) < 4.78 is 0. The first-order chi connectivity index (χ1) is 7.92. The molecule has 0 atom stereocenters. The summed E-state index contributed by atoms with van der Waals surface area (Å²) in [6, 6.07) is 6.43. The lowest BCUT2D eigenvalue weighted by Gasteiger charge is -1.99. The van der Waals surface area contributed by atoms with E-state index in [4.69, 9.17) is 0 Å². The van der Waals surface area contributed by atoms with Crippen molar-refractivity contribution in [2.45, 2.75) is 31.8 Å². The van der Waals surface area contributed by atoms with E-state index in [0.717, 1.165) is 19.0 Å². The van der Waals surface area contributed by atoms with Gasteiger partial charge in [-0.3, -0.25) is 5.10 Å². The minimum atomic E-state index is 0.738. The Kier molecular flexibility index (Phi) is 2.76. The van der Waals surface area contributed by atoms with Crippen molar-refractivity contribution >= 4 is 11.3 Å². The number of aromatic nitrogens is 2. The minimum Gasteiger partial charge on any atom is -0.306 e. The third-order valence-electron chi connectivity index (χ3n) is 2.84. The van der Waals surface area contributed by atoms with E-state index in [9.17, 15) is 0 Å². The second kappa shape index (κ2) is 4.39. The number of H-pyrrole nitrogens is 1. The average molecular weight is 233 g/mol. The minimum absolute atomic E-state index is 0.738. The van der Waals surface area contributed by atoms with E-state index in [1.54, 1.807) is 11.3 Å². The smallest absolute Gasteiger partial charge is 0.0656 e. The molecular formula is C12H15N3S. The summed E-state index contributed by atoms with van der Waals surface area (Å²) in [4.78, 5) is 1.38. The summed E-state index contributed by atoms with van der Waals surface area (Å²) in [7, 11) is 0. The second-order valence-electron chi connectivity index (χ2n) is 4.28. The molecule has 1 aliphatic carbocycles. The van der Waals surface area contributed by atoms with Crippen molar-refractivity contribution < 1.29 is 0 Å². The van der Waals surface area contributed by atoms with Gasteiger partial charge >= 0.3 is 0 Å². The molecule has 0 radical (unpaired) electrons. The van der Waals surface area contributed by atoms with Crippen molar-refractivity contribution in [3.63, 3.8) is 0 Å². The van der Waals surface area contributed by atoms with Crippen LogP contribution in [0.25, 0.3) is 0 Å². The first-order valence-corrected chi connectivity index (χ1v) is 6.57. The maximum absolute atomic E-state index is 4.33. The molecular weight excluding hydrogens is 218 g/mol. The molecule has 2 aromatic heterocycles. The highest BCUT2D eigenvalue weighted by Crippen LogP contribution is 2.38. The Bertz CT molecular complexity index is 443. The maximum Gasteiger partial charge on any atom is 0.0656 e. The van der Waals surface area contributed by atoms with Crippen molar-refractivity contribution in [1.82, 2.24) is 15.5 Å². The van der Waals surface area contributed by atoms with Crippen molar-refractivity contribution in [1.29, 1.82) is 0 Å². The molecule has 0 aromatic carbocycles. The van der Waals surface area contributed by atoms with Gasteiger partial charge in [-0.05, 0) is 30.4 Å². The van der Waals surface area contributed by atoms with E-state index in [-0.39, 0.29) is 0 Å². The van der Waals surface area contributed by atoms with E-state index in [1.165, 1.54) is 29.1 Å². The first kappa shape index (κ1) is 10.1. The number of nitrogens with one attached hydrogen (secondary N) is 2. The van der Waals surface area contributed by atoms with E-state index < -0.39 is 0 Å². The zero-order chi connectivity index (χ0) is 10.8. The molecule has 84 valence electrons. The molecule has 2 heterocycles. The highest BCUT2D eigenvalue weighted by Gasteiger charge is 2.25. The topological polar surface area (TPSA) is 40.7 Å². The third kappa shape index (κ3) is 2.33. The largest absolute Gasteiger partial charge is 0.306 e. The second-order valence-corrected chi connectivity index (χ2v) is 5.31. The maximum atomic E-state index is 4.33. The summed E-state index contributed by atoms with van der Waals surface area (Å²) in [5, 5.41) is 13.0. The zero-order valence-corrected chi connectivity index (χ0v) is 9.89. The molecule has 1 aliphatic rings. The quantitative estimate of drug-likeness (QED) is 0.833.